The molecule has 2 aliphatic rings. The molecule has 13 nitrogen and oxygen atoms in total. The number of pyridine rings is 1. The number of carbonyl (C=O) groups excluding carboxylic acids is 5. The molecule has 0 radical (unpaired) electrons. The molecule has 17 heteroatoms. The van der Waals surface area contributed by atoms with Crippen LogP contribution in [0, 0.1) is 18.8 Å². The van der Waals surface area contributed by atoms with E-state index < -0.39 is 64.0 Å². The van der Waals surface area contributed by atoms with Crippen molar-refractivity contribution in [3.8, 4) is 0 Å². The van der Waals surface area contributed by atoms with Crippen LogP contribution in [0.4, 0.5) is 18.9 Å². The molecule has 0 saturated carbocycles. The molecule has 5 unspecified atom stereocenters. The number of primary amides is 1. The Bertz CT molecular complexity index is 1560. The molecule has 0 spiro atoms. The van der Waals surface area contributed by atoms with Crippen LogP contribution >= 0.6 is 11.3 Å². The lowest BCUT2D eigenvalue weighted by molar-refractivity contribution is -0.137. The van der Waals surface area contributed by atoms with Gasteiger partial charge >= 0.3 is 6.18 Å². The Kier molecular flexibility index (Phi) is 11.0. The number of hydrogen-bond acceptors (Lipinski definition) is 9. The van der Waals surface area contributed by atoms with E-state index in [-0.39, 0.29) is 47.3 Å². The average Bonchev–Trinajstić information content (AvgIpc) is 3.40. The lowest BCUT2D eigenvalue weighted by atomic mass is 9.80. The summed E-state index contributed by atoms with van der Waals surface area (Å²) in [5.41, 5.74) is 3.77. The lowest BCUT2D eigenvalue weighted by Crippen LogP contribution is -2.59. The number of nitrogens with one attached hydrogen (secondary N) is 3. The van der Waals surface area contributed by atoms with Crippen molar-refractivity contribution < 1.29 is 37.1 Å². The maximum atomic E-state index is 13.3. The van der Waals surface area contributed by atoms with Gasteiger partial charge in [0.25, 0.3) is 17.4 Å². The normalized spacial score (nSPS) is 21.6. The minimum absolute atomic E-state index is 0.0750. The zero-order valence-electron chi connectivity index (χ0n) is 25.3. The lowest BCUT2D eigenvalue weighted by Gasteiger charge is -2.48. The number of alkyl halides is 3. The molecule has 2 aliphatic heterocycles. The molecule has 5 N–H and O–H groups in total. The second-order valence-corrected chi connectivity index (χ2v) is 12.5. The second-order valence-electron chi connectivity index (χ2n) is 11.5. The van der Waals surface area contributed by atoms with Gasteiger partial charge in [-0.05, 0) is 56.6 Å². The number of nitrogens with two attached hydrogens (primary N) is 1. The van der Waals surface area contributed by atoms with Crippen molar-refractivity contribution in [2.24, 2.45) is 17.6 Å². The zero-order chi connectivity index (χ0) is 33.8. The highest BCUT2D eigenvalue weighted by atomic mass is 32.1. The van der Waals surface area contributed by atoms with Crippen molar-refractivity contribution >= 4 is 46.4 Å². The first-order valence-corrected chi connectivity index (χ1v) is 15.7. The predicted molar refractivity (Wildman–Crippen MR) is 160 cm³/mol. The summed E-state index contributed by atoms with van der Waals surface area (Å²) in [6, 6.07) is 1.14. The number of halogens is 3. The van der Waals surface area contributed by atoms with E-state index in [4.69, 9.17) is 5.73 Å². The Balaban J connectivity index is 1.47. The Morgan fingerprint density at radius 2 is 1.96 bits per heavy atom. The summed E-state index contributed by atoms with van der Waals surface area (Å²) in [5.74, 6) is -3.87. The third-order valence-corrected chi connectivity index (χ3v) is 9.45. The summed E-state index contributed by atoms with van der Waals surface area (Å²) in [5, 5.41) is 6.43. The van der Waals surface area contributed by atoms with Crippen LogP contribution in [0.15, 0.2) is 23.1 Å². The number of Topliss-reactive ketones (excluding diaryl/α,β-unsaturated/α-hetero) is 1. The maximum Gasteiger partial charge on any atom is 0.443 e. The highest BCUT2D eigenvalue weighted by Crippen LogP contribution is 2.35. The first-order valence-electron chi connectivity index (χ1n) is 14.9. The zero-order valence-corrected chi connectivity index (χ0v) is 26.1. The van der Waals surface area contributed by atoms with Crippen LogP contribution in [0.1, 0.15) is 65.8 Å². The number of rotatable bonds is 12. The first-order chi connectivity index (χ1) is 21.7. The van der Waals surface area contributed by atoms with E-state index in [0.29, 0.717) is 5.92 Å². The third-order valence-electron chi connectivity index (χ3n) is 8.25. The van der Waals surface area contributed by atoms with Crippen LogP contribution in [0.25, 0.3) is 0 Å². The maximum absolute atomic E-state index is 13.3. The molecule has 2 aromatic rings. The van der Waals surface area contributed by atoms with Crippen molar-refractivity contribution in [3.05, 3.63) is 44.3 Å². The summed E-state index contributed by atoms with van der Waals surface area (Å²) in [7, 11) is 0. The quantitative estimate of drug-likeness (QED) is 0.247. The molecule has 2 saturated heterocycles. The third kappa shape index (κ3) is 8.37. The summed E-state index contributed by atoms with van der Waals surface area (Å²) in [6.07, 6.45) is -0.431. The van der Waals surface area contributed by atoms with Crippen LogP contribution in [0.2, 0.25) is 0 Å². The molecule has 5 atom stereocenters. The van der Waals surface area contributed by atoms with Crippen LogP contribution in [-0.4, -0.2) is 69.2 Å². The Labute approximate surface area is 266 Å². The molecular weight excluding hydrogens is 631 g/mol. The monoisotopic (exact) mass is 667 g/mol. The number of fused-ring (bicyclic) bond motifs is 2. The fourth-order valence-electron chi connectivity index (χ4n) is 5.96. The summed E-state index contributed by atoms with van der Waals surface area (Å²) >= 11 is 0.0750. The van der Waals surface area contributed by atoms with Gasteiger partial charge < -0.3 is 26.3 Å². The summed E-state index contributed by atoms with van der Waals surface area (Å²) < 4.78 is 40.5. The molecule has 2 bridgehead atoms. The van der Waals surface area contributed by atoms with Gasteiger partial charge in [0.2, 0.25) is 17.6 Å². The van der Waals surface area contributed by atoms with Crippen LogP contribution < -0.4 is 27.2 Å². The minimum Gasteiger partial charge on any atom is -0.363 e. The molecule has 250 valence electrons. The minimum atomic E-state index is -4.80. The van der Waals surface area contributed by atoms with Crippen molar-refractivity contribution in [2.45, 2.75) is 77.3 Å². The highest BCUT2D eigenvalue weighted by molar-refractivity contribution is 7.13. The first kappa shape index (κ1) is 34.7. The van der Waals surface area contributed by atoms with E-state index in [1.54, 1.807) is 0 Å². The number of aryl methyl sites for hydroxylation is 1. The van der Waals surface area contributed by atoms with Crippen molar-refractivity contribution in [2.75, 3.05) is 18.4 Å². The van der Waals surface area contributed by atoms with Crippen LogP contribution in [0.5, 0.6) is 0 Å². The Morgan fingerprint density at radius 1 is 1.22 bits per heavy atom. The number of carbonyl (C=O) groups is 5. The number of nitrogens with zero attached hydrogens (tertiary/aromatic N) is 3. The molecular formula is C29H36F3N7O6S. The topological polar surface area (TPSA) is 186 Å². The van der Waals surface area contributed by atoms with Gasteiger partial charge in [-0.25, -0.2) is 4.98 Å². The number of anilines is 1. The highest BCUT2D eigenvalue weighted by Gasteiger charge is 2.39. The smallest absolute Gasteiger partial charge is 0.363 e. The van der Waals surface area contributed by atoms with E-state index in [1.807, 2.05) is 0 Å². The van der Waals surface area contributed by atoms with Crippen LogP contribution in [-0.2, 0) is 31.9 Å². The van der Waals surface area contributed by atoms with Gasteiger partial charge in [0.05, 0.1) is 11.9 Å². The van der Waals surface area contributed by atoms with E-state index in [0.717, 1.165) is 36.9 Å². The molecule has 0 aromatic carbocycles. The number of thiazole rings is 1. The largest absolute Gasteiger partial charge is 0.443 e. The van der Waals surface area contributed by atoms with Gasteiger partial charge in [-0.15, -0.1) is 11.3 Å². The van der Waals surface area contributed by atoms with Crippen LogP contribution in [0.3, 0.4) is 0 Å². The fourth-order valence-corrected chi connectivity index (χ4v) is 6.79. The average molecular weight is 668 g/mol. The van der Waals surface area contributed by atoms with Gasteiger partial charge in [0, 0.05) is 25.7 Å². The van der Waals surface area contributed by atoms with E-state index >= 15 is 0 Å². The number of piperidine rings is 2. The number of aromatic nitrogens is 2. The fraction of sp³-hybridized carbons (Fsp3) is 0.552. The van der Waals surface area contributed by atoms with E-state index in [9.17, 15) is 41.9 Å². The molecule has 4 rings (SSSR count). The van der Waals surface area contributed by atoms with Gasteiger partial charge in [0.1, 0.15) is 23.2 Å². The van der Waals surface area contributed by atoms with Gasteiger partial charge in [-0.3, -0.25) is 33.7 Å². The molecule has 0 aliphatic carbocycles. The molecule has 46 heavy (non-hydrogen) atoms. The van der Waals surface area contributed by atoms with E-state index in [1.165, 1.54) is 31.7 Å². The summed E-state index contributed by atoms with van der Waals surface area (Å²) in [6.45, 7) is 4.74. The number of ketones is 1. The molecule has 2 fully saturated rings. The van der Waals surface area contributed by atoms with E-state index in [2.05, 4.69) is 32.8 Å². The van der Waals surface area contributed by atoms with Gasteiger partial charge in [-0.2, -0.15) is 13.2 Å². The number of amides is 4. The Morgan fingerprint density at radius 3 is 2.61 bits per heavy atom. The molecule has 4 heterocycles. The second kappa shape index (κ2) is 14.5. The SMILES string of the molecule is CCC1CC2CCCN(C2)C1NC(=O)Cn1cccc(NC(=O)C(CCC(=O)C(N)=O)NC(=O)c2sc(C(F)(F)F)nc2C)c1=O. The number of hydrogen-bond donors (Lipinski definition) is 4. The standard InChI is InChI=1S/C29H36F3N7O6S/c1-3-17-12-16-6-4-10-38(13-16)24(17)37-21(41)14-39-11-5-7-19(27(39)45)36-25(43)18(8-9-20(40)23(33)42)35-26(44)22-15(2)34-28(46-22)29(30,31)32/h5,7,11,16-18,24H,3-4,6,8-10,12-14H2,1-2H3,(H2,33,42)(H,35,44)(H,36,43)(H,37,41). The van der Waals surface area contributed by atoms with Gasteiger partial charge in [-0.1, -0.05) is 13.3 Å². The predicted octanol–water partition coefficient (Wildman–Crippen LogP) is 1.79. The summed E-state index contributed by atoms with van der Waals surface area (Å²) in [4.78, 5) is 80.8. The van der Waals surface area contributed by atoms with Crippen molar-refractivity contribution in [1.82, 2.24) is 25.1 Å². The molecule has 4 amide bonds. The van der Waals surface area contributed by atoms with Gasteiger partial charge in [0.15, 0.2) is 5.01 Å². The van der Waals surface area contributed by atoms with Crippen molar-refractivity contribution in [1.29, 1.82) is 0 Å². The van der Waals surface area contributed by atoms with Crippen molar-refractivity contribution in [3.63, 3.8) is 0 Å². The molecule has 2 aromatic heterocycles. The Hall–Kier alpha value is -4.12.